The van der Waals surface area contributed by atoms with E-state index in [2.05, 4.69) is 50.5 Å². The molecule has 26 heavy (non-hydrogen) atoms. The molecule has 1 saturated heterocycles. The normalized spacial score (nSPS) is 17.5. The van der Waals surface area contributed by atoms with Crippen LogP contribution in [-0.4, -0.2) is 55.5 Å². The van der Waals surface area contributed by atoms with Gasteiger partial charge in [0.25, 0.3) is 0 Å². The molecule has 1 aromatic carbocycles. The average molecular weight is 399 g/mol. The second-order valence-electron chi connectivity index (χ2n) is 8.60. The van der Waals surface area contributed by atoms with Crippen molar-refractivity contribution in [2.45, 2.75) is 57.2 Å². The molecule has 0 bridgehead atoms. The zero-order valence-electron chi connectivity index (χ0n) is 16.9. The summed E-state index contributed by atoms with van der Waals surface area (Å²) in [5.41, 5.74) is 0. The van der Waals surface area contributed by atoms with Crippen LogP contribution in [0.4, 0.5) is 4.39 Å². The summed E-state index contributed by atoms with van der Waals surface area (Å²) in [6, 6.07) is 11.8. The van der Waals surface area contributed by atoms with Crippen molar-refractivity contribution in [3.8, 4) is 0 Å². The number of hydrogen-bond donors (Lipinski definition) is 0. The van der Waals surface area contributed by atoms with Gasteiger partial charge in [0.1, 0.15) is 6.10 Å². The van der Waals surface area contributed by atoms with Gasteiger partial charge in [-0.05, 0) is 12.8 Å². The minimum Gasteiger partial charge on any atom is -0.379 e. The molecule has 6 heteroatoms. The van der Waals surface area contributed by atoms with E-state index in [0.29, 0.717) is 12.7 Å². The molecule has 0 amide bonds. The van der Waals surface area contributed by atoms with Crippen molar-refractivity contribution in [1.29, 1.82) is 0 Å². The summed E-state index contributed by atoms with van der Waals surface area (Å²) in [6.07, 6.45) is 2.43. The standard InChI is InChI=1S/C20H35FO3Si2/c1-25(2,13-5-11-22-15-18-16-24-18)19-7-9-20(10-8-19)26(3,4)14-6-12-23-17-21/h7-10,18H,5-6,11-17H2,1-4H3. The minimum absolute atomic E-state index is 0.365. The molecule has 0 N–H and O–H groups in total. The van der Waals surface area contributed by atoms with E-state index in [9.17, 15) is 4.39 Å². The lowest BCUT2D eigenvalue weighted by Crippen LogP contribution is -2.45. The largest absolute Gasteiger partial charge is 0.379 e. The molecule has 1 aliphatic rings. The zero-order chi connectivity index (χ0) is 19.0. The Labute approximate surface area is 160 Å². The molecule has 0 saturated carbocycles. The third-order valence-corrected chi connectivity index (χ3v) is 12.4. The molecule has 0 radical (unpaired) electrons. The van der Waals surface area contributed by atoms with Crippen molar-refractivity contribution in [3.63, 3.8) is 0 Å². The molecule has 1 heterocycles. The van der Waals surface area contributed by atoms with E-state index >= 15 is 0 Å². The number of hydrogen-bond acceptors (Lipinski definition) is 3. The number of rotatable bonds is 13. The topological polar surface area (TPSA) is 31.0 Å². The third-order valence-electron chi connectivity index (χ3n) is 5.41. The molecular weight excluding hydrogens is 363 g/mol. The number of alkyl halides is 1. The maximum absolute atomic E-state index is 12.0. The summed E-state index contributed by atoms with van der Waals surface area (Å²) in [7, 11) is -2.89. The third kappa shape index (κ3) is 7.23. The highest BCUT2D eigenvalue weighted by Crippen LogP contribution is 2.16. The predicted molar refractivity (Wildman–Crippen MR) is 112 cm³/mol. The van der Waals surface area contributed by atoms with Gasteiger partial charge >= 0.3 is 0 Å². The van der Waals surface area contributed by atoms with E-state index in [0.717, 1.165) is 38.7 Å². The average Bonchev–Trinajstić information content (AvgIpc) is 3.43. The highest BCUT2D eigenvalue weighted by atomic mass is 28.3. The van der Waals surface area contributed by atoms with E-state index in [1.807, 2.05) is 0 Å². The Balaban J connectivity index is 1.81. The van der Waals surface area contributed by atoms with Crippen molar-refractivity contribution < 1.29 is 18.6 Å². The van der Waals surface area contributed by atoms with Gasteiger partial charge in [0.15, 0.2) is 6.86 Å². The quantitative estimate of drug-likeness (QED) is 0.289. The highest BCUT2D eigenvalue weighted by molar-refractivity contribution is 6.91. The first-order valence-electron chi connectivity index (χ1n) is 9.79. The highest BCUT2D eigenvalue weighted by Gasteiger charge is 2.26. The van der Waals surface area contributed by atoms with Crippen LogP contribution in [0.25, 0.3) is 0 Å². The first kappa shape index (κ1) is 21.8. The Hall–Kier alpha value is -0.536. The van der Waals surface area contributed by atoms with Crippen LogP contribution < -0.4 is 10.4 Å². The molecule has 0 aromatic heterocycles. The van der Waals surface area contributed by atoms with Crippen LogP contribution in [-0.2, 0) is 14.2 Å². The second kappa shape index (κ2) is 10.1. The van der Waals surface area contributed by atoms with E-state index < -0.39 is 23.0 Å². The fourth-order valence-electron chi connectivity index (χ4n) is 3.33. The summed E-state index contributed by atoms with van der Waals surface area (Å²) in [5, 5.41) is 3.01. The first-order chi connectivity index (χ1) is 12.3. The molecule has 1 aromatic rings. The second-order valence-corrected chi connectivity index (χ2v) is 18.3. The van der Waals surface area contributed by atoms with Crippen LogP contribution in [0.3, 0.4) is 0 Å². The van der Waals surface area contributed by atoms with Gasteiger partial charge in [-0.2, -0.15) is 0 Å². The molecule has 3 nitrogen and oxygen atoms in total. The lowest BCUT2D eigenvalue weighted by atomic mass is 10.4. The van der Waals surface area contributed by atoms with Crippen LogP contribution >= 0.6 is 0 Å². The molecule has 1 unspecified atom stereocenters. The number of epoxide rings is 1. The van der Waals surface area contributed by atoms with Crippen molar-refractivity contribution in [3.05, 3.63) is 24.3 Å². The monoisotopic (exact) mass is 398 g/mol. The van der Waals surface area contributed by atoms with Crippen LogP contribution in [0.1, 0.15) is 12.8 Å². The van der Waals surface area contributed by atoms with Gasteiger partial charge in [-0.1, -0.05) is 72.9 Å². The van der Waals surface area contributed by atoms with Gasteiger partial charge < -0.3 is 14.2 Å². The van der Waals surface area contributed by atoms with Gasteiger partial charge in [0.05, 0.1) is 29.4 Å². The van der Waals surface area contributed by atoms with E-state index in [1.54, 1.807) is 0 Å². The summed E-state index contributed by atoms with van der Waals surface area (Å²) in [4.78, 5) is 0. The zero-order valence-corrected chi connectivity index (χ0v) is 18.9. The Bertz CT molecular complexity index is 530. The fourth-order valence-corrected chi connectivity index (χ4v) is 8.10. The molecule has 2 rings (SSSR count). The predicted octanol–water partition coefficient (Wildman–Crippen LogP) is 3.66. The molecule has 1 fully saturated rings. The lowest BCUT2D eigenvalue weighted by Gasteiger charge is -2.26. The SMILES string of the molecule is C[Si](C)(CCCOCF)c1ccc([Si](C)(C)CCCOCC2CO2)cc1. The summed E-state index contributed by atoms with van der Waals surface area (Å²) in [5.74, 6) is 0. The molecule has 1 aliphatic heterocycles. The Morgan fingerprint density at radius 2 is 1.38 bits per heavy atom. The van der Waals surface area contributed by atoms with Crippen molar-refractivity contribution in [2.24, 2.45) is 0 Å². The molecular formula is C20H35FO3Si2. The number of benzene rings is 1. The van der Waals surface area contributed by atoms with Crippen LogP contribution in [0.5, 0.6) is 0 Å². The molecule has 0 spiro atoms. The maximum Gasteiger partial charge on any atom is 0.188 e. The van der Waals surface area contributed by atoms with Crippen LogP contribution in [0.2, 0.25) is 38.3 Å². The van der Waals surface area contributed by atoms with Crippen LogP contribution in [0, 0.1) is 0 Å². The van der Waals surface area contributed by atoms with Crippen molar-refractivity contribution >= 4 is 26.5 Å². The van der Waals surface area contributed by atoms with E-state index in [4.69, 9.17) is 14.2 Å². The van der Waals surface area contributed by atoms with Gasteiger partial charge in [0.2, 0.25) is 0 Å². The summed E-state index contributed by atoms with van der Waals surface area (Å²) in [6.45, 7) is 12.0. The minimum atomic E-state index is -1.47. The molecule has 148 valence electrons. The molecule has 1 atom stereocenters. The van der Waals surface area contributed by atoms with Gasteiger partial charge in [-0.15, -0.1) is 0 Å². The van der Waals surface area contributed by atoms with Crippen molar-refractivity contribution in [2.75, 3.05) is 33.3 Å². The fraction of sp³-hybridized carbons (Fsp3) is 0.700. The first-order valence-corrected chi connectivity index (χ1v) is 16.2. The Morgan fingerprint density at radius 3 is 1.81 bits per heavy atom. The smallest absolute Gasteiger partial charge is 0.188 e. The maximum atomic E-state index is 12.0. The Kier molecular flexibility index (Phi) is 8.48. The van der Waals surface area contributed by atoms with Gasteiger partial charge in [-0.25, -0.2) is 4.39 Å². The lowest BCUT2D eigenvalue weighted by molar-refractivity contribution is 0.0583. The summed E-state index contributed by atoms with van der Waals surface area (Å²) >= 11 is 0. The van der Waals surface area contributed by atoms with Crippen molar-refractivity contribution in [1.82, 2.24) is 0 Å². The summed E-state index contributed by atoms with van der Waals surface area (Å²) < 4.78 is 27.7. The number of ether oxygens (including phenoxy) is 3. The Morgan fingerprint density at radius 1 is 0.923 bits per heavy atom. The van der Waals surface area contributed by atoms with Crippen LogP contribution in [0.15, 0.2) is 24.3 Å². The van der Waals surface area contributed by atoms with Gasteiger partial charge in [0, 0.05) is 13.2 Å². The van der Waals surface area contributed by atoms with Gasteiger partial charge in [-0.3, -0.25) is 0 Å². The van der Waals surface area contributed by atoms with E-state index in [1.165, 1.54) is 16.4 Å². The number of halogens is 1. The molecule has 0 aliphatic carbocycles. The van der Waals surface area contributed by atoms with E-state index in [-0.39, 0.29) is 0 Å².